The lowest BCUT2D eigenvalue weighted by atomic mass is 10.0. The summed E-state index contributed by atoms with van der Waals surface area (Å²) in [7, 11) is -9.92. The van der Waals surface area contributed by atoms with Crippen molar-refractivity contribution in [1.29, 1.82) is 0 Å². The molecule has 0 aromatic carbocycles. The van der Waals surface area contributed by atoms with Crippen LogP contribution in [-0.4, -0.2) is 96.7 Å². The van der Waals surface area contributed by atoms with Gasteiger partial charge in [0, 0.05) is 25.7 Å². The molecule has 3 N–H and O–H groups in total. The first kappa shape index (κ1) is 94.5. The number of carbonyl (C=O) groups excluding carboxylic acids is 4. The van der Waals surface area contributed by atoms with Crippen molar-refractivity contribution >= 4 is 39.5 Å². The van der Waals surface area contributed by atoms with Crippen LogP contribution >= 0.6 is 15.6 Å². The standard InChI is InChI=1S/C78H148O17P2/c1-7-9-11-13-15-17-19-21-24-28-32-35-42-48-54-60-75(80)88-66-73(94-78(83)63-57-51-45-37-33-29-26-23-22-25-27-30-34-40-46-52-58-70(3)4)68-92-96(84,85)90-64-72(79)65-91-97(86,87)93-69-74(67-89-76(81)61-55-49-43-39-38-41-47-53-59-71(5)6)95-77(82)62-56-50-44-36-31-20-18-16-14-12-10-8-2/h17,19,21,24,70-74,79H,7-16,18,20,22-23,25-69H2,1-6H3,(H,84,85)(H,86,87)/b19-17-,24-21-/t72-,73-,74-/m1/s1. The van der Waals surface area contributed by atoms with E-state index in [0.717, 1.165) is 121 Å². The van der Waals surface area contributed by atoms with Gasteiger partial charge in [0.15, 0.2) is 12.2 Å². The number of ether oxygens (including phenoxy) is 4. The Morgan fingerprint density at radius 2 is 0.557 bits per heavy atom. The third kappa shape index (κ3) is 71.7. The SMILES string of the molecule is CCCCCC/C=C\C=C/CCCCCCCC(=O)OC[C@H](COP(=O)(O)OC[C@@H](O)COP(=O)(O)OC[C@@H](COC(=O)CCCCCCCCCCC(C)C)OC(=O)CCCCCCCCCCCCCC)OC(=O)CCCCCCCCCCCCCCCCCCC(C)C. The number of hydrogen-bond acceptors (Lipinski definition) is 15. The maximum atomic E-state index is 13.1. The minimum absolute atomic E-state index is 0.101. The van der Waals surface area contributed by atoms with Crippen molar-refractivity contribution < 1.29 is 80.2 Å². The molecule has 0 aromatic heterocycles. The van der Waals surface area contributed by atoms with Gasteiger partial charge in [-0.3, -0.25) is 37.3 Å². The van der Waals surface area contributed by atoms with E-state index < -0.39 is 97.5 Å². The Kier molecular flexibility index (Phi) is 67.5. The van der Waals surface area contributed by atoms with Gasteiger partial charge in [0.1, 0.15) is 19.3 Å². The molecule has 0 amide bonds. The van der Waals surface area contributed by atoms with Crippen molar-refractivity contribution in [3.05, 3.63) is 24.3 Å². The van der Waals surface area contributed by atoms with Crippen molar-refractivity contribution in [3.8, 4) is 0 Å². The van der Waals surface area contributed by atoms with E-state index in [4.69, 9.17) is 37.0 Å². The average molecular weight is 1420 g/mol. The highest BCUT2D eigenvalue weighted by Crippen LogP contribution is 2.45. The fourth-order valence-corrected chi connectivity index (χ4v) is 13.0. The summed E-state index contributed by atoms with van der Waals surface area (Å²) in [6.07, 6.45) is 60.4. The molecule has 0 aromatic rings. The maximum absolute atomic E-state index is 13.1. The Balaban J connectivity index is 5.27. The number of hydrogen-bond donors (Lipinski definition) is 3. The van der Waals surface area contributed by atoms with E-state index in [1.54, 1.807) is 0 Å². The molecule has 0 saturated carbocycles. The second-order valence-corrected chi connectivity index (χ2v) is 31.3. The molecule has 17 nitrogen and oxygen atoms in total. The first-order chi connectivity index (χ1) is 46.9. The van der Waals surface area contributed by atoms with Crippen molar-refractivity contribution in [2.75, 3.05) is 39.6 Å². The minimum Gasteiger partial charge on any atom is -0.462 e. The van der Waals surface area contributed by atoms with Crippen LogP contribution in [0.3, 0.4) is 0 Å². The highest BCUT2D eigenvalue weighted by atomic mass is 31.2. The molecule has 0 spiro atoms. The van der Waals surface area contributed by atoms with Crippen LogP contribution in [0.5, 0.6) is 0 Å². The van der Waals surface area contributed by atoms with Crippen LogP contribution < -0.4 is 0 Å². The number of phosphoric ester groups is 2. The second kappa shape index (κ2) is 69.3. The molecule has 0 heterocycles. The molecule has 19 heteroatoms. The Labute approximate surface area is 592 Å². The van der Waals surface area contributed by atoms with Gasteiger partial charge in [0.05, 0.1) is 26.4 Å². The summed E-state index contributed by atoms with van der Waals surface area (Å²) in [5.41, 5.74) is 0. The number of aliphatic hydroxyl groups excluding tert-OH is 1. The van der Waals surface area contributed by atoms with Gasteiger partial charge < -0.3 is 33.8 Å². The van der Waals surface area contributed by atoms with Gasteiger partial charge in [-0.25, -0.2) is 9.13 Å². The average Bonchev–Trinajstić information content (AvgIpc) is 1.85. The number of allylic oxidation sites excluding steroid dienone is 4. The Morgan fingerprint density at radius 1 is 0.320 bits per heavy atom. The highest BCUT2D eigenvalue weighted by molar-refractivity contribution is 7.47. The normalized spacial score (nSPS) is 14.1. The molecule has 0 aliphatic heterocycles. The molecule has 0 aliphatic carbocycles. The van der Waals surface area contributed by atoms with Crippen molar-refractivity contribution in [2.24, 2.45) is 11.8 Å². The molecule has 0 saturated heterocycles. The molecule has 2 unspecified atom stereocenters. The second-order valence-electron chi connectivity index (χ2n) is 28.4. The van der Waals surface area contributed by atoms with E-state index in [1.165, 1.54) is 180 Å². The van der Waals surface area contributed by atoms with Crippen LogP contribution in [-0.2, 0) is 65.4 Å². The molecule has 5 atom stereocenters. The predicted molar refractivity (Wildman–Crippen MR) is 395 cm³/mol. The first-order valence-corrected chi connectivity index (χ1v) is 42.8. The topological polar surface area (TPSA) is 237 Å². The van der Waals surface area contributed by atoms with Gasteiger partial charge in [-0.15, -0.1) is 0 Å². The van der Waals surface area contributed by atoms with Crippen LogP contribution in [0.25, 0.3) is 0 Å². The summed E-state index contributed by atoms with van der Waals surface area (Å²) >= 11 is 0. The zero-order valence-electron chi connectivity index (χ0n) is 62.9. The zero-order chi connectivity index (χ0) is 71.4. The van der Waals surface area contributed by atoms with E-state index in [0.29, 0.717) is 25.7 Å². The van der Waals surface area contributed by atoms with E-state index >= 15 is 0 Å². The monoisotopic (exact) mass is 1420 g/mol. The summed E-state index contributed by atoms with van der Waals surface area (Å²) in [5.74, 6) is -0.611. The maximum Gasteiger partial charge on any atom is 0.472 e. The Bertz CT molecular complexity index is 1970. The quantitative estimate of drug-likeness (QED) is 0.0169. The lowest BCUT2D eigenvalue weighted by molar-refractivity contribution is -0.161. The van der Waals surface area contributed by atoms with E-state index in [9.17, 15) is 43.2 Å². The smallest absolute Gasteiger partial charge is 0.462 e. The molecular formula is C78H148O17P2. The highest BCUT2D eigenvalue weighted by Gasteiger charge is 2.30. The molecule has 0 bridgehead atoms. The molecular weight excluding hydrogens is 1270 g/mol. The van der Waals surface area contributed by atoms with Crippen LogP contribution in [0.15, 0.2) is 24.3 Å². The number of esters is 4. The van der Waals surface area contributed by atoms with Gasteiger partial charge in [-0.05, 0) is 63.2 Å². The van der Waals surface area contributed by atoms with Gasteiger partial charge in [-0.2, -0.15) is 0 Å². The van der Waals surface area contributed by atoms with Crippen molar-refractivity contribution in [1.82, 2.24) is 0 Å². The minimum atomic E-state index is -4.97. The number of carbonyl (C=O) groups is 4. The van der Waals surface area contributed by atoms with Crippen LogP contribution in [0, 0.1) is 11.8 Å². The number of aliphatic hydroxyl groups is 1. The third-order valence-electron chi connectivity index (χ3n) is 17.6. The molecule has 0 fully saturated rings. The molecule has 0 aliphatic rings. The van der Waals surface area contributed by atoms with E-state index in [1.807, 2.05) is 0 Å². The van der Waals surface area contributed by atoms with E-state index in [2.05, 4.69) is 65.8 Å². The van der Waals surface area contributed by atoms with Crippen LogP contribution in [0.4, 0.5) is 0 Å². The Morgan fingerprint density at radius 3 is 0.845 bits per heavy atom. The lowest BCUT2D eigenvalue weighted by Gasteiger charge is -2.21. The summed E-state index contributed by atoms with van der Waals surface area (Å²) in [6.45, 7) is 9.54. The van der Waals surface area contributed by atoms with Gasteiger partial charge in [-0.1, -0.05) is 329 Å². The van der Waals surface area contributed by atoms with Crippen molar-refractivity contribution in [2.45, 2.75) is 400 Å². The summed E-state index contributed by atoms with van der Waals surface area (Å²) in [5, 5.41) is 10.6. The number of phosphoric acid groups is 2. The third-order valence-corrected chi connectivity index (χ3v) is 19.5. The fourth-order valence-electron chi connectivity index (χ4n) is 11.5. The summed E-state index contributed by atoms with van der Waals surface area (Å²) in [4.78, 5) is 72.9. The van der Waals surface area contributed by atoms with Crippen LogP contribution in [0.1, 0.15) is 382 Å². The number of unbranched alkanes of at least 4 members (excludes halogenated alkanes) is 42. The Hall–Kier alpha value is -2.46. The largest absolute Gasteiger partial charge is 0.472 e. The fraction of sp³-hybridized carbons (Fsp3) is 0.897. The molecule has 97 heavy (non-hydrogen) atoms. The van der Waals surface area contributed by atoms with E-state index in [-0.39, 0.29) is 25.7 Å². The summed E-state index contributed by atoms with van der Waals surface area (Å²) in [6, 6.07) is 0. The predicted octanol–water partition coefficient (Wildman–Crippen LogP) is 22.7. The van der Waals surface area contributed by atoms with Crippen LogP contribution in [0.2, 0.25) is 0 Å². The zero-order valence-corrected chi connectivity index (χ0v) is 64.7. The molecule has 572 valence electrons. The van der Waals surface area contributed by atoms with Gasteiger partial charge >= 0.3 is 39.5 Å². The van der Waals surface area contributed by atoms with Crippen molar-refractivity contribution in [3.63, 3.8) is 0 Å². The first-order valence-electron chi connectivity index (χ1n) is 39.8. The van der Waals surface area contributed by atoms with Gasteiger partial charge in [0.25, 0.3) is 0 Å². The number of rotatable bonds is 75. The van der Waals surface area contributed by atoms with Gasteiger partial charge in [0.2, 0.25) is 0 Å². The summed E-state index contributed by atoms with van der Waals surface area (Å²) < 4.78 is 68.5. The molecule has 0 radical (unpaired) electrons. The lowest BCUT2D eigenvalue weighted by Crippen LogP contribution is -2.30. The molecule has 0 rings (SSSR count).